The molecular weight excluding hydrogens is 1590 g/mol. The quantitative estimate of drug-likeness (QED) is 0.0619. The fraction of sp³-hybridized carbons (Fsp3) is 0.388. The third-order valence-electron chi connectivity index (χ3n) is 19.0. The lowest BCUT2D eigenvalue weighted by atomic mass is 10.0. The van der Waals surface area contributed by atoms with Crippen LogP contribution in [0.25, 0.3) is 0 Å². The summed E-state index contributed by atoms with van der Waals surface area (Å²) in [6.07, 6.45) is 0.408. The number of amides is 16. The van der Waals surface area contributed by atoms with Crippen molar-refractivity contribution in [1.82, 2.24) is 39.6 Å². The molecule has 630 valence electrons. The fourth-order valence-corrected chi connectivity index (χ4v) is 13.4. The fourth-order valence-electron chi connectivity index (χ4n) is 13.3. The molecule has 13 rings (SSSR count). The Balaban J connectivity index is 0.000000175. The number of carboxylic acid groups (broad SMARTS) is 1. The van der Waals surface area contributed by atoms with Crippen molar-refractivity contribution in [1.29, 1.82) is 0 Å². The molecule has 0 radical (unpaired) electrons. The molecule has 39 heteroatoms. The average Bonchev–Trinajstić information content (AvgIpc) is 1.61. The summed E-state index contributed by atoms with van der Waals surface area (Å²) in [4.78, 5) is 238. The SMILES string of the molecule is CC(C)(C)OC(=O)CCl.COc1cc(O)c2c(c1)C(=O)N(C1CCC(=O)N(C)C1=O)C2=O.COc1cc(OCC(=O)O)c2c(c1)C(=O)N(C1CCC(=O)NC1=O)C2=O.COc1cc(OCC(=O)OC(C)(C)C)c2c(c1)C(=O)N(C1CCC(=O)N(C)C1=O)C2=O.COc1cc(OCc2ccccc2)c2c(c1)C(=O)N(C1CCC(=O)N(C)C1=O)C2=O. The highest BCUT2D eigenvalue weighted by molar-refractivity contribution is 6.28. The number of phenolic OH excluding ortho intramolecular Hbond substituents is 1. The molecule has 4 fully saturated rings. The van der Waals surface area contributed by atoms with Crippen molar-refractivity contribution in [3.8, 4) is 46.0 Å². The Kier molecular flexibility index (Phi) is 27.5. The number of likely N-dealkylation sites (tertiary alicyclic amines) is 3. The number of ether oxygens (including phenoxy) is 9. The van der Waals surface area contributed by atoms with Crippen molar-refractivity contribution < 1.29 is 144 Å². The van der Waals surface area contributed by atoms with Gasteiger partial charge in [0.25, 0.3) is 65.0 Å². The molecule has 0 bridgehead atoms. The van der Waals surface area contributed by atoms with Crippen molar-refractivity contribution in [2.75, 3.05) is 68.7 Å². The normalized spacial score (nSPS) is 18.8. The number of halogens is 1. The zero-order valence-electron chi connectivity index (χ0n) is 66.6. The lowest BCUT2D eigenvalue weighted by molar-refractivity contribution is -0.157. The molecule has 8 aliphatic rings. The third-order valence-corrected chi connectivity index (χ3v) is 19.2. The lowest BCUT2D eigenvalue weighted by Gasteiger charge is -2.32. The van der Waals surface area contributed by atoms with Crippen molar-refractivity contribution in [2.24, 2.45) is 0 Å². The number of rotatable bonds is 18. The predicted octanol–water partition coefficient (Wildman–Crippen LogP) is 4.45. The molecule has 8 heterocycles. The van der Waals surface area contributed by atoms with E-state index in [0.717, 1.165) is 39.9 Å². The van der Waals surface area contributed by atoms with Crippen molar-refractivity contribution in [3.05, 3.63) is 129 Å². The molecule has 119 heavy (non-hydrogen) atoms. The highest BCUT2D eigenvalue weighted by Gasteiger charge is 2.52. The van der Waals surface area contributed by atoms with E-state index in [4.69, 9.17) is 59.3 Å². The van der Waals surface area contributed by atoms with Crippen LogP contribution >= 0.6 is 11.6 Å². The van der Waals surface area contributed by atoms with Gasteiger partial charge in [0.1, 0.15) is 93.9 Å². The zero-order valence-corrected chi connectivity index (χ0v) is 67.4. The number of fused-ring (bicyclic) bond motifs is 4. The van der Waals surface area contributed by atoms with Crippen LogP contribution in [-0.4, -0.2) is 261 Å². The molecule has 4 atom stereocenters. The summed E-state index contributed by atoms with van der Waals surface area (Å²) in [6, 6.07) is 16.1. The van der Waals surface area contributed by atoms with Crippen LogP contribution in [-0.2, 0) is 68.8 Å². The first kappa shape index (κ1) is 89.3. The van der Waals surface area contributed by atoms with E-state index in [2.05, 4.69) is 5.32 Å². The molecule has 8 aliphatic heterocycles. The summed E-state index contributed by atoms with van der Waals surface area (Å²) in [5.74, 6) is -11.3. The number of imide groups is 8. The van der Waals surface area contributed by atoms with Gasteiger partial charge in [-0.3, -0.25) is 121 Å². The average molecular weight is 1670 g/mol. The highest BCUT2D eigenvalue weighted by Crippen LogP contribution is 2.43. The number of esters is 2. The number of alkyl halides is 1. The minimum Gasteiger partial charge on any atom is -0.507 e. The van der Waals surface area contributed by atoms with Crippen LogP contribution in [0.2, 0.25) is 0 Å². The smallest absolute Gasteiger partial charge is 0.344 e. The van der Waals surface area contributed by atoms with E-state index < -0.39 is 137 Å². The summed E-state index contributed by atoms with van der Waals surface area (Å²) in [5.41, 5.74) is -0.443. The Morgan fingerprint density at radius 2 is 0.756 bits per heavy atom. The number of phenols is 1. The van der Waals surface area contributed by atoms with Gasteiger partial charge >= 0.3 is 17.9 Å². The molecule has 38 nitrogen and oxygen atoms in total. The summed E-state index contributed by atoms with van der Waals surface area (Å²) in [7, 11) is 9.51. The van der Waals surface area contributed by atoms with Gasteiger partial charge < -0.3 is 52.8 Å². The standard InChI is InChI=1S/C22H20N2O6.C21H24N2O8.C16H14N2O8.C15H14N2O6.C6H11ClO2/c1-23-18(25)9-8-16(21(23)27)24-20(26)15-10-14(29-2)11-17(19(15)22(24)28)30-12-13-6-4-3-5-7-13;1-21(2,3)31-16(25)10-30-14-9-11(29-5)8-12-17(14)20(28)23(18(12)26)13-6-7-15(24)22(4)19(13)27;1-25-7-4-8-13(10(5-7)26-6-12(20)21)16(24)18(15(8)23)9-2-3-11(19)17-14(9)22;1-16-11(19)4-3-9(14(16)21)17-13(20)8-5-7(23-2)6-10(18)12(8)15(17)22;1-6(2,3)9-5(8)4-7/h3-7,10-11,16H,8-9,12H2,1-2H3;8-9,13H,6-7,10H2,1-5H3;4-5,9H,2-3,6H2,1H3,(H,20,21)(H,17,19,22);5-6,9,18H,3-4H2,1-2H3;4H2,1-3H3. The number of hydrogen-bond acceptors (Lipinski definition) is 29. The molecule has 0 aromatic heterocycles. The number of aliphatic carboxylic acids is 1. The minimum atomic E-state index is -1.26. The number of piperidine rings is 4. The minimum absolute atomic E-state index is 0.00380. The number of carbonyl (C=O) groups is 19. The third kappa shape index (κ3) is 19.4. The molecule has 0 aliphatic carbocycles. The molecule has 0 saturated carbocycles. The van der Waals surface area contributed by atoms with Crippen LogP contribution in [0.4, 0.5) is 0 Å². The van der Waals surface area contributed by atoms with E-state index in [1.54, 1.807) is 47.6 Å². The van der Waals surface area contributed by atoms with E-state index in [0.29, 0.717) is 5.75 Å². The van der Waals surface area contributed by atoms with Gasteiger partial charge in [0.05, 0.1) is 72.9 Å². The molecule has 5 aromatic carbocycles. The number of aromatic hydroxyl groups is 1. The number of likely N-dealkylation sites (N-methyl/N-ethyl adjacent to an activating group) is 3. The largest absolute Gasteiger partial charge is 0.507 e. The Labute approximate surface area is 683 Å². The monoisotopic (exact) mass is 1670 g/mol. The van der Waals surface area contributed by atoms with Gasteiger partial charge in [0.2, 0.25) is 29.5 Å². The van der Waals surface area contributed by atoms with Gasteiger partial charge in [-0.2, -0.15) is 0 Å². The van der Waals surface area contributed by atoms with Crippen LogP contribution in [0.15, 0.2) is 78.9 Å². The molecule has 0 spiro atoms. The van der Waals surface area contributed by atoms with Gasteiger partial charge in [-0.1, -0.05) is 30.3 Å². The Morgan fingerprint density at radius 3 is 1.10 bits per heavy atom. The van der Waals surface area contributed by atoms with Crippen molar-refractivity contribution in [2.45, 2.75) is 135 Å². The highest BCUT2D eigenvalue weighted by atomic mass is 35.5. The number of hydrogen-bond donors (Lipinski definition) is 3. The number of carbonyl (C=O) groups excluding carboxylic acids is 18. The molecular formula is C80H83ClN8O30. The van der Waals surface area contributed by atoms with Crippen LogP contribution in [0.1, 0.15) is 181 Å². The van der Waals surface area contributed by atoms with E-state index >= 15 is 0 Å². The first-order valence-corrected chi connectivity index (χ1v) is 37.0. The first-order valence-electron chi connectivity index (χ1n) is 36.5. The van der Waals surface area contributed by atoms with Crippen molar-refractivity contribution >= 4 is 124 Å². The van der Waals surface area contributed by atoms with E-state index in [1.807, 2.05) is 30.3 Å². The van der Waals surface area contributed by atoms with Gasteiger partial charge in [-0.25, -0.2) is 9.59 Å². The predicted molar refractivity (Wildman–Crippen MR) is 406 cm³/mol. The van der Waals surface area contributed by atoms with E-state index in [1.165, 1.54) is 92.0 Å². The zero-order chi connectivity index (χ0) is 87.9. The second-order valence-electron chi connectivity index (χ2n) is 29.2. The number of methoxy groups -OCH3 is 4. The summed E-state index contributed by atoms with van der Waals surface area (Å²) in [6.45, 7) is 9.51. The molecule has 5 aromatic rings. The number of carboxylic acids is 1. The summed E-state index contributed by atoms with van der Waals surface area (Å²) in [5, 5.41) is 20.9. The maximum atomic E-state index is 13.2. The summed E-state index contributed by atoms with van der Waals surface area (Å²) >= 11 is 5.18. The number of benzene rings is 5. The Bertz CT molecular complexity index is 5090. The Morgan fingerprint density at radius 1 is 0.429 bits per heavy atom. The maximum absolute atomic E-state index is 13.2. The van der Waals surface area contributed by atoms with Gasteiger partial charge in [-0.15, -0.1) is 11.6 Å². The molecule has 4 unspecified atom stereocenters. The van der Waals surface area contributed by atoms with Gasteiger partial charge in [0, 0.05) is 71.1 Å². The topological polar surface area (TPSA) is 483 Å². The molecule has 16 amide bonds. The van der Waals surface area contributed by atoms with Gasteiger partial charge in [-0.05, 0) is 97.1 Å². The van der Waals surface area contributed by atoms with E-state index in [-0.39, 0.29) is 172 Å². The van der Waals surface area contributed by atoms with Crippen LogP contribution in [0, 0.1) is 0 Å². The van der Waals surface area contributed by atoms with E-state index in [9.17, 15) is 96.2 Å². The second kappa shape index (κ2) is 36.6. The van der Waals surface area contributed by atoms with Crippen LogP contribution in [0.5, 0.6) is 46.0 Å². The van der Waals surface area contributed by atoms with Gasteiger partial charge in [0.15, 0.2) is 13.2 Å². The Hall–Kier alpha value is -13.7. The lowest BCUT2D eigenvalue weighted by Crippen LogP contribution is -2.54. The number of nitrogens with one attached hydrogen (secondary N) is 1. The number of nitrogens with zero attached hydrogens (tertiary/aromatic N) is 7. The first-order chi connectivity index (χ1) is 56.0. The van der Waals surface area contributed by atoms with Crippen molar-refractivity contribution in [3.63, 3.8) is 0 Å². The second-order valence-corrected chi connectivity index (χ2v) is 29.5. The summed E-state index contributed by atoms with van der Waals surface area (Å²) < 4.78 is 47.0. The maximum Gasteiger partial charge on any atom is 0.344 e. The molecule has 3 N–H and O–H groups in total. The van der Waals surface area contributed by atoms with Crippen LogP contribution in [0.3, 0.4) is 0 Å². The molecule has 4 saturated heterocycles. The van der Waals surface area contributed by atoms with Crippen LogP contribution < -0.4 is 38.5 Å².